The van der Waals surface area contributed by atoms with Gasteiger partial charge in [0.05, 0.1) is 6.10 Å². The highest BCUT2D eigenvalue weighted by molar-refractivity contribution is 8.07. The Bertz CT molecular complexity index is 464. The van der Waals surface area contributed by atoms with Gasteiger partial charge in [-0.25, -0.2) is 0 Å². The molecule has 0 aromatic rings. The van der Waals surface area contributed by atoms with Crippen LogP contribution >= 0.6 is 11.8 Å². The summed E-state index contributed by atoms with van der Waals surface area (Å²) in [6, 6.07) is 0. The molecule has 5 fully saturated rings. The van der Waals surface area contributed by atoms with Crippen molar-refractivity contribution in [1.29, 1.82) is 0 Å². The number of rotatable bonds is 0. The molecule has 5 rings (SSSR count). The molecule has 0 amide bonds. The first-order chi connectivity index (χ1) is 10.0. The van der Waals surface area contributed by atoms with Crippen LogP contribution in [0.25, 0.3) is 0 Å². The number of thioether (sulfide) groups is 1. The van der Waals surface area contributed by atoms with Crippen LogP contribution in [0.4, 0.5) is 0 Å². The maximum atomic E-state index is 10.5. The Kier molecular flexibility index (Phi) is 2.76. The molecule has 1 aliphatic heterocycles. The zero-order valence-corrected chi connectivity index (χ0v) is 14.4. The van der Waals surface area contributed by atoms with Crippen molar-refractivity contribution in [2.45, 2.75) is 81.8 Å². The van der Waals surface area contributed by atoms with Crippen LogP contribution in [0, 0.1) is 34.5 Å². The molecule has 0 unspecified atom stereocenters. The van der Waals surface area contributed by atoms with E-state index >= 15 is 0 Å². The normalized spacial score (nSPS) is 65.0. The molecule has 0 spiro atoms. The van der Waals surface area contributed by atoms with Gasteiger partial charge in [0.15, 0.2) is 0 Å². The third-order valence-electron chi connectivity index (χ3n) is 8.86. The molecular formula is C19H30OS. The van der Waals surface area contributed by atoms with Gasteiger partial charge in [0.1, 0.15) is 0 Å². The Balaban J connectivity index is 1.47. The van der Waals surface area contributed by atoms with Crippen molar-refractivity contribution in [3.8, 4) is 0 Å². The van der Waals surface area contributed by atoms with Crippen LogP contribution in [0.3, 0.4) is 0 Å². The van der Waals surface area contributed by atoms with Crippen molar-refractivity contribution >= 4 is 11.8 Å². The average Bonchev–Trinajstić information content (AvgIpc) is 3.12. The molecule has 4 aliphatic carbocycles. The van der Waals surface area contributed by atoms with Gasteiger partial charge in [0.25, 0.3) is 0 Å². The van der Waals surface area contributed by atoms with Crippen LogP contribution < -0.4 is 0 Å². The van der Waals surface area contributed by atoms with Gasteiger partial charge in [-0.3, -0.25) is 0 Å². The minimum absolute atomic E-state index is 0.0105. The first kappa shape index (κ1) is 13.7. The summed E-state index contributed by atoms with van der Waals surface area (Å²) in [7, 11) is 0. The third-order valence-corrected chi connectivity index (χ3v) is 10.3. The predicted molar refractivity (Wildman–Crippen MR) is 88.3 cm³/mol. The summed E-state index contributed by atoms with van der Waals surface area (Å²) in [5, 5.41) is 12.6. The lowest BCUT2D eigenvalue weighted by Crippen LogP contribution is -2.54. The first-order valence-electron chi connectivity index (χ1n) is 9.36. The van der Waals surface area contributed by atoms with E-state index in [0.29, 0.717) is 5.41 Å². The van der Waals surface area contributed by atoms with Crippen LogP contribution in [0.1, 0.15) is 65.2 Å². The minimum atomic E-state index is -0.0105. The molecule has 4 saturated carbocycles. The fourth-order valence-electron chi connectivity index (χ4n) is 7.49. The summed E-state index contributed by atoms with van der Waals surface area (Å²) >= 11 is 2.28. The van der Waals surface area contributed by atoms with Crippen molar-refractivity contribution in [2.24, 2.45) is 34.5 Å². The molecule has 118 valence electrons. The van der Waals surface area contributed by atoms with Gasteiger partial charge in [-0.2, -0.15) is 11.8 Å². The molecule has 1 heterocycles. The van der Waals surface area contributed by atoms with E-state index in [2.05, 4.69) is 25.6 Å². The van der Waals surface area contributed by atoms with Gasteiger partial charge >= 0.3 is 0 Å². The molecular weight excluding hydrogens is 276 g/mol. The van der Waals surface area contributed by atoms with Crippen LogP contribution in [-0.2, 0) is 0 Å². The Morgan fingerprint density at radius 2 is 1.71 bits per heavy atom. The molecule has 0 aromatic carbocycles. The second-order valence-corrected chi connectivity index (χ2v) is 10.9. The van der Waals surface area contributed by atoms with E-state index in [1.54, 1.807) is 0 Å². The molecule has 5 aliphatic rings. The second kappa shape index (κ2) is 4.23. The van der Waals surface area contributed by atoms with Gasteiger partial charge in [0.2, 0.25) is 0 Å². The van der Waals surface area contributed by atoms with E-state index < -0.39 is 0 Å². The van der Waals surface area contributed by atoms with E-state index in [1.165, 1.54) is 44.9 Å². The van der Waals surface area contributed by atoms with E-state index in [-0.39, 0.29) is 11.5 Å². The first-order valence-corrected chi connectivity index (χ1v) is 10.3. The van der Waals surface area contributed by atoms with Crippen molar-refractivity contribution in [1.82, 2.24) is 0 Å². The quantitative estimate of drug-likeness (QED) is 0.666. The Labute approximate surface area is 133 Å². The lowest BCUT2D eigenvalue weighted by atomic mass is 9.45. The van der Waals surface area contributed by atoms with Gasteiger partial charge in [-0.05, 0) is 85.9 Å². The van der Waals surface area contributed by atoms with Crippen LogP contribution in [0.15, 0.2) is 0 Å². The van der Waals surface area contributed by atoms with Crippen molar-refractivity contribution in [2.75, 3.05) is 0 Å². The summed E-state index contributed by atoms with van der Waals surface area (Å²) in [5.74, 6) is 3.75. The fraction of sp³-hybridized carbons (Fsp3) is 1.00. The summed E-state index contributed by atoms with van der Waals surface area (Å²) in [6.07, 6.45) is 11.1. The maximum absolute atomic E-state index is 10.5. The number of aliphatic hydroxyl groups excluding tert-OH is 1. The monoisotopic (exact) mass is 306 g/mol. The molecule has 9 atom stereocenters. The molecule has 2 heteroatoms. The summed E-state index contributed by atoms with van der Waals surface area (Å²) in [5.41, 5.74) is 0.901. The van der Waals surface area contributed by atoms with Crippen LogP contribution in [-0.4, -0.2) is 21.7 Å². The molecule has 1 N–H and O–H groups in total. The van der Waals surface area contributed by atoms with Gasteiger partial charge in [-0.1, -0.05) is 13.8 Å². The molecule has 1 nitrogen and oxygen atoms in total. The molecule has 0 aromatic heterocycles. The summed E-state index contributed by atoms with van der Waals surface area (Å²) in [6.45, 7) is 5.07. The van der Waals surface area contributed by atoms with E-state index in [9.17, 15) is 5.11 Å². The fourth-order valence-corrected chi connectivity index (χ4v) is 8.86. The van der Waals surface area contributed by atoms with E-state index in [4.69, 9.17) is 0 Å². The lowest BCUT2D eigenvalue weighted by molar-refractivity contribution is -0.116. The zero-order chi connectivity index (χ0) is 14.4. The summed E-state index contributed by atoms with van der Waals surface area (Å²) in [4.78, 5) is 0. The summed E-state index contributed by atoms with van der Waals surface area (Å²) < 4.78 is 0. The predicted octanol–water partition coefficient (Wildman–Crippen LogP) is 4.48. The molecule has 21 heavy (non-hydrogen) atoms. The molecule has 0 bridgehead atoms. The van der Waals surface area contributed by atoms with Crippen molar-refractivity contribution in [3.63, 3.8) is 0 Å². The SMILES string of the molecule is C[C@]12C[C@@H]3S[C@@H]3C[C@@H]1CC[C@@H]1[C@@H]2CC[C@]2(C)[C@@H](O)CC[C@@H]12. The smallest absolute Gasteiger partial charge is 0.0596 e. The van der Waals surface area contributed by atoms with Gasteiger partial charge in [-0.15, -0.1) is 0 Å². The largest absolute Gasteiger partial charge is 0.393 e. The maximum Gasteiger partial charge on any atom is 0.0596 e. The Morgan fingerprint density at radius 1 is 0.905 bits per heavy atom. The van der Waals surface area contributed by atoms with E-state index in [1.807, 2.05) is 0 Å². The van der Waals surface area contributed by atoms with Crippen LogP contribution in [0.5, 0.6) is 0 Å². The Hall–Kier alpha value is 0.310. The number of hydrogen-bond acceptors (Lipinski definition) is 2. The van der Waals surface area contributed by atoms with Crippen molar-refractivity contribution in [3.05, 3.63) is 0 Å². The lowest BCUT2D eigenvalue weighted by Gasteiger charge is -2.60. The highest BCUT2D eigenvalue weighted by Crippen LogP contribution is 2.70. The number of fused-ring (bicyclic) bond motifs is 6. The molecule has 1 saturated heterocycles. The molecule has 0 radical (unpaired) electrons. The topological polar surface area (TPSA) is 20.2 Å². The van der Waals surface area contributed by atoms with Gasteiger partial charge in [0, 0.05) is 10.5 Å². The highest BCUT2D eigenvalue weighted by Gasteiger charge is 2.63. The van der Waals surface area contributed by atoms with Crippen molar-refractivity contribution < 1.29 is 5.11 Å². The highest BCUT2D eigenvalue weighted by atomic mass is 32.2. The standard InChI is InChI=1S/C19H30OS/c1-18-8-7-14-12(13(18)5-6-17(18)20)4-3-11-9-15-16(21-15)10-19(11,14)2/h11-17,20H,3-10H2,1-2H3/t11-,12-,13-,14-,15+,16-,17-,18-,19-/m0/s1. The minimum Gasteiger partial charge on any atom is -0.393 e. The van der Waals surface area contributed by atoms with Crippen LogP contribution in [0.2, 0.25) is 0 Å². The van der Waals surface area contributed by atoms with E-state index in [0.717, 1.165) is 40.6 Å². The van der Waals surface area contributed by atoms with Gasteiger partial charge < -0.3 is 5.11 Å². The zero-order valence-electron chi connectivity index (χ0n) is 13.6. The second-order valence-electron chi connectivity index (χ2n) is 9.45. The number of hydrogen-bond donors (Lipinski definition) is 1. The average molecular weight is 307 g/mol. The Morgan fingerprint density at radius 3 is 2.57 bits per heavy atom. The number of aliphatic hydroxyl groups is 1. The third kappa shape index (κ3) is 1.70.